The standard InChI is InChI=1S/C15H32N2/c1-6-13-8-7-9-15(13)16-14(10-12(2)3)11-17(4)5/h12-16H,6-11H2,1-5H3. The van der Waals surface area contributed by atoms with Crippen LogP contribution in [0, 0.1) is 11.8 Å². The van der Waals surface area contributed by atoms with Crippen molar-refractivity contribution in [2.75, 3.05) is 20.6 Å². The fourth-order valence-corrected chi connectivity index (χ4v) is 3.25. The van der Waals surface area contributed by atoms with E-state index in [1.165, 1.54) is 38.6 Å². The summed E-state index contributed by atoms with van der Waals surface area (Å²) in [7, 11) is 4.36. The Morgan fingerprint density at radius 1 is 1.24 bits per heavy atom. The van der Waals surface area contributed by atoms with E-state index < -0.39 is 0 Å². The molecule has 2 heteroatoms. The van der Waals surface area contributed by atoms with Gasteiger partial charge in [0.15, 0.2) is 0 Å². The number of rotatable bonds is 7. The fourth-order valence-electron chi connectivity index (χ4n) is 3.25. The molecule has 1 aliphatic carbocycles. The Morgan fingerprint density at radius 2 is 1.94 bits per heavy atom. The minimum Gasteiger partial charge on any atom is -0.310 e. The van der Waals surface area contributed by atoms with Crippen LogP contribution in [0.15, 0.2) is 0 Å². The molecular weight excluding hydrogens is 208 g/mol. The first-order valence-electron chi connectivity index (χ1n) is 7.43. The Kier molecular flexibility index (Phi) is 6.50. The molecule has 0 aliphatic heterocycles. The van der Waals surface area contributed by atoms with Gasteiger partial charge in [0.25, 0.3) is 0 Å². The lowest BCUT2D eigenvalue weighted by molar-refractivity contribution is 0.263. The minimum absolute atomic E-state index is 0.669. The molecule has 0 bridgehead atoms. The lowest BCUT2D eigenvalue weighted by atomic mass is 9.97. The highest BCUT2D eigenvalue weighted by molar-refractivity contribution is 4.86. The third kappa shape index (κ3) is 5.39. The summed E-state index contributed by atoms with van der Waals surface area (Å²) in [6, 6.07) is 1.45. The average Bonchev–Trinajstić information content (AvgIpc) is 2.62. The number of hydrogen-bond donors (Lipinski definition) is 1. The van der Waals surface area contributed by atoms with Gasteiger partial charge in [-0.15, -0.1) is 0 Å². The molecule has 0 aromatic rings. The van der Waals surface area contributed by atoms with Gasteiger partial charge in [0.1, 0.15) is 0 Å². The Balaban J connectivity index is 2.46. The van der Waals surface area contributed by atoms with Crippen molar-refractivity contribution in [3.63, 3.8) is 0 Å². The van der Waals surface area contributed by atoms with Crippen molar-refractivity contribution in [2.24, 2.45) is 11.8 Å². The Bertz CT molecular complexity index is 191. The topological polar surface area (TPSA) is 15.3 Å². The van der Waals surface area contributed by atoms with Gasteiger partial charge in [-0.05, 0) is 45.2 Å². The molecule has 3 unspecified atom stereocenters. The van der Waals surface area contributed by atoms with Gasteiger partial charge in [-0.2, -0.15) is 0 Å². The van der Waals surface area contributed by atoms with Crippen LogP contribution in [-0.4, -0.2) is 37.6 Å². The molecular formula is C15H32N2. The Morgan fingerprint density at radius 3 is 2.47 bits per heavy atom. The number of likely N-dealkylation sites (N-methyl/N-ethyl adjacent to an activating group) is 1. The fraction of sp³-hybridized carbons (Fsp3) is 1.00. The molecule has 2 nitrogen and oxygen atoms in total. The van der Waals surface area contributed by atoms with Crippen molar-refractivity contribution in [1.82, 2.24) is 10.2 Å². The van der Waals surface area contributed by atoms with Gasteiger partial charge in [0.2, 0.25) is 0 Å². The van der Waals surface area contributed by atoms with Gasteiger partial charge in [-0.25, -0.2) is 0 Å². The lowest BCUT2D eigenvalue weighted by Gasteiger charge is -2.30. The molecule has 1 aliphatic rings. The summed E-state index contributed by atoms with van der Waals surface area (Å²) in [4.78, 5) is 2.32. The molecule has 0 amide bonds. The van der Waals surface area contributed by atoms with Gasteiger partial charge in [-0.3, -0.25) is 0 Å². The summed E-state index contributed by atoms with van der Waals surface area (Å²) >= 11 is 0. The monoisotopic (exact) mass is 240 g/mol. The molecule has 1 saturated carbocycles. The maximum Gasteiger partial charge on any atom is 0.0199 e. The highest BCUT2D eigenvalue weighted by Crippen LogP contribution is 2.28. The van der Waals surface area contributed by atoms with Crippen LogP contribution in [-0.2, 0) is 0 Å². The molecule has 102 valence electrons. The van der Waals surface area contributed by atoms with E-state index in [4.69, 9.17) is 0 Å². The second-order valence-corrected chi connectivity index (χ2v) is 6.46. The van der Waals surface area contributed by atoms with Gasteiger partial charge < -0.3 is 10.2 Å². The van der Waals surface area contributed by atoms with Crippen molar-refractivity contribution in [3.8, 4) is 0 Å². The highest BCUT2D eigenvalue weighted by atomic mass is 15.1. The normalized spacial score (nSPS) is 27.0. The maximum absolute atomic E-state index is 3.94. The van der Waals surface area contributed by atoms with Crippen LogP contribution in [0.4, 0.5) is 0 Å². The van der Waals surface area contributed by atoms with Gasteiger partial charge in [-0.1, -0.05) is 33.6 Å². The summed E-state index contributed by atoms with van der Waals surface area (Å²) in [5.41, 5.74) is 0. The van der Waals surface area contributed by atoms with Crippen LogP contribution in [0.5, 0.6) is 0 Å². The summed E-state index contributed by atoms with van der Waals surface area (Å²) in [5.74, 6) is 1.71. The van der Waals surface area contributed by atoms with E-state index >= 15 is 0 Å². The Hall–Kier alpha value is -0.0800. The smallest absolute Gasteiger partial charge is 0.0199 e. The molecule has 0 spiro atoms. The number of hydrogen-bond acceptors (Lipinski definition) is 2. The van der Waals surface area contributed by atoms with Crippen LogP contribution < -0.4 is 5.32 Å². The highest BCUT2D eigenvalue weighted by Gasteiger charge is 2.27. The first-order valence-corrected chi connectivity index (χ1v) is 7.43. The van der Waals surface area contributed by atoms with Gasteiger partial charge in [0.05, 0.1) is 0 Å². The van der Waals surface area contributed by atoms with E-state index in [1.807, 2.05) is 0 Å². The lowest BCUT2D eigenvalue weighted by Crippen LogP contribution is -2.46. The summed E-state index contributed by atoms with van der Waals surface area (Å²) in [6.45, 7) is 8.17. The molecule has 1 N–H and O–H groups in total. The van der Waals surface area contributed by atoms with Gasteiger partial charge >= 0.3 is 0 Å². The van der Waals surface area contributed by atoms with Crippen molar-refractivity contribution in [2.45, 2.75) is 65.0 Å². The first-order chi connectivity index (χ1) is 8.02. The predicted molar refractivity (Wildman–Crippen MR) is 76.4 cm³/mol. The van der Waals surface area contributed by atoms with E-state index in [0.717, 1.165) is 17.9 Å². The Labute approximate surface area is 108 Å². The van der Waals surface area contributed by atoms with E-state index in [2.05, 4.69) is 45.1 Å². The van der Waals surface area contributed by atoms with Crippen molar-refractivity contribution < 1.29 is 0 Å². The van der Waals surface area contributed by atoms with Crippen molar-refractivity contribution in [1.29, 1.82) is 0 Å². The molecule has 0 radical (unpaired) electrons. The second kappa shape index (κ2) is 7.38. The SMILES string of the molecule is CCC1CCCC1NC(CC(C)C)CN(C)C. The number of nitrogens with zero attached hydrogens (tertiary/aromatic N) is 1. The molecule has 17 heavy (non-hydrogen) atoms. The zero-order chi connectivity index (χ0) is 12.8. The van der Waals surface area contributed by atoms with Gasteiger partial charge in [0, 0.05) is 18.6 Å². The second-order valence-electron chi connectivity index (χ2n) is 6.46. The van der Waals surface area contributed by atoms with Crippen LogP contribution in [0.3, 0.4) is 0 Å². The zero-order valence-electron chi connectivity index (χ0n) is 12.5. The zero-order valence-corrected chi connectivity index (χ0v) is 12.5. The quantitative estimate of drug-likeness (QED) is 0.735. The van der Waals surface area contributed by atoms with E-state index in [9.17, 15) is 0 Å². The van der Waals surface area contributed by atoms with E-state index in [0.29, 0.717) is 6.04 Å². The maximum atomic E-state index is 3.94. The van der Waals surface area contributed by atoms with Crippen LogP contribution in [0.1, 0.15) is 52.9 Å². The average molecular weight is 240 g/mol. The van der Waals surface area contributed by atoms with Crippen LogP contribution in [0.25, 0.3) is 0 Å². The molecule has 0 heterocycles. The number of nitrogens with one attached hydrogen (secondary N) is 1. The minimum atomic E-state index is 0.669. The van der Waals surface area contributed by atoms with Crippen LogP contribution >= 0.6 is 0 Å². The summed E-state index contributed by atoms with van der Waals surface area (Å²) in [5, 5.41) is 3.94. The summed E-state index contributed by atoms with van der Waals surface area (Å²) < 4.78 is 0. The first kappa shape index (κ1) is 15.0. The van der Waals surface area contributed by atoms with E-state index in [1.54, 1.807) is 0 Å². The molecule has 1 rings (SSSR count). The predicted octanol–water partition coefficient (Wildman–Crippen LogP) is 3.13. The third-order valence-electron chi connectivity index (χ3n) is 3.97. The summed E-state index contributed by atoms with van der Waals surface area (Å²) in [6.07, 6.45) is 6.89. The molecule has 0 aromatic carbocycles. The van der Waals surface area contributed by atoms with Crippen molar-refractivity contribution in [3.05, 3.63) is 0 Å². The molecule has 0 saturated heterocycles. The molecule has 1 fully saturated rings. The van der Waals surface area contributed by atoms with Crippen molar-refractivity contribution >= 4 is 0 Å². The van der Waals surface area contributed by atoms with E-state index in [-0.39, 0.29) is 0 Å². The largest absolute Gasteiger partial charge is 0.310 e. The van der Waals surface area contributed by atoms with Crippen LogP contribution in [0.2, 0.25) is 0 Å². The molecule has 0 aromatic heterocycles. The molecule has 3 atom stereocenters. The third-order valence-corrected chi connectivity index (χ3v) is 3.97.